The van der Waals surface area contributed by atoms with Crippen molar-refractivity contribution in [3.8, 4) is 11.5 Å². The summed E-state index contributed by atoms with van der Waals surface area (Å²) in [4.78, 5) is 4.08. The van der Waals surface area contributed by atoms with Crippen LogP contribution in [0.1, 0.15) is 25.0 Å². The maximum atomic E-state index is 5.59. The highest BCUT2D eigenvalue weighted by molar-refractivity contribution is 5.32. The van der Waals surface area contributed by atoms with E-state index >= 15 is 0 Å². The standard InChI is InChI=1S/C14H17NO3/c1-3-7-16-12-5-4-6-13(8-12)17-10-14-15-9-11(2)18-14/h4-6,8-9H,3,7,10H2,1-2H3. The second-order valence-electron chi connectivity index (χ2n) is 3.98. The van der Waals surface area contributed by atoms with Gasteiger partial charge in [-0.1, -0.05) is 13.0 Å². The minimum atomic E-state index is 0.324. The molecule has 1 heterocycles. The van der Waals surface area contributed by atoms with Crippen LogP contribution in [0.3, 0.4) is 0 Å². The minimum absolute atomic E-state index is 0.324. The van der Waals surface area contributed by atoms with Crippen molar-refractivity contribution in [2.24, 2.45) is 0 Å². The lowest BCUT2D eigenvalue weighted by Gasteiger charge is -2.07. The van der Waals surface area contributed by atoms with Crippen LogP contribution in [-0.4, -0.2) is 11.6 Å². The second-order valence-corrected chi connectivity index (χ2v) is 3.98. The lowest BCUT2D eigenvalue weighted by atomic mass is 10.3. The Bertz CT molecular complexity index is 493. The van der Waals surface area contributed by atoms with Gasteiger partial charge in [-0.25, -0.2) is 4.98 Å². The summed E-state index contributed by atoms with van der Waals surface area (Å²) in [7, 11) is 0. The zero-order valence-corrected chi connectivity index (χ0v) is 10.7. The van der Waals surface area contributed by atoms with E-state index in [4.69, 9.17) is 13.9 Å². The normalized spacial score (nSPS) is 10.3. The molecule has 0 amide bonds. The molecular weight excluding hydrogens is 230 g/mol. The third kappa shape index (κ3) is 3.52. The lowest BCUT2D eigenvalue weighted by Crippen LogP contribution is -1.97. The Balaban J connectivity index is 1.92. The summed E-state index contributed by atoms with van der Waals surface area (Å²) in [5.74, 6) is 2.93. The molecule has 4 nitrogen and oxygen atoms in total. The molecule has 0 aliphatic carbocycles. The summed E-state index contributed by atoms with van der Waals surface area (Å²) in [5.41, 5.74) is 0. The predicted molar refractivity (Wildman–Crippen MR) is 67.8 cm³/mol. The van der Waals surface area contributed by atoms with E-state index in [-0.39, 0.29) is 0 Å². The van der Waals surface area contributed by atoms with Gasteiger partial charge in [0.25, 0.3) is 0 Å². The zero-order valence-electron chi connectivity index (χ0n) is 10.7. The molecule has 2 rings (SSSR count). The summed E-state index contributed by atoms with van der Waals surface area (Å²) in [6.07, 6.45) is 2.67. The Morgan fingerprint density at radius 3 is 2.67 bits per heavy atom. The molecule has 0 spiro atoms. The van der Waals surface area contributed by atoms with Crippen LogP contribution >= 0.6 is 0 Å². The number of hydrogen-bond donors (Lipinski definition) is 0. The zero-order chi connectivity index (χ0) is 12.8. The Hall–Kier alpha value is -1.97. The quantitative estimate of drug-likeness (QED) is 0.785. The van der Waals surface area contributed by atoms with Gasteiger partial charge in [0.1, 0.15) is 17.3 Å². The number of ether oxygens (including phenoxy) is 2. The summed E-state index contributed by atoms with van der Waals surface area (Å²) in [6, 6.07) is 7.57. The van der Waals surface area contributed by atoms with Crippen molar-refractivity contribution in [3.63, 3.8) is 0 Å². The maximum absolute atomic E-state index is 5.59. The molecule has 1 aromatic heterocycles. The van der Waals surface area contributed by atoms with Crippen molar-refractivity contribution < 1.29 is 13.9 Å². The first-order valence-electron chi connectivity index (χ1n) is 6.05. The number of aryl methyl sites for hydroxylation is 1. The molecule has 96 valence electrons. The Kier molecular flexibility index (Phi) is 4.23. The highest BCUT2D eigenvalue weighted by atomic mass is 16.5. The van der Waals surface area contributed by atoms with Crippen molar-refractivity contribution in [2.75, 3.05) is 6.61 Å². The summed E-state index contributed by atoms with van der Waals surface area (Å²) >= 11 is 0. The second kappa shape index (κ2) is 6.10. The van der Waals surface area contributed by atoms with Gasteiger partial charge >= 0.3 is 0 Å². The fourth-order valence-corrected chi connectivity index (χ4v) is 1.49. The smallest absolute Gasteiger partial charge is 0.232 e. The molecule has 0 unspecified atom stereocenters. The first-order chi connectivity index (χ1) is 8.78. The molecule has 18 heavy (non-hydrogen) atoms. The fourth-order valence-electron chi connectivity index (χ4n) is 1.49. The molecule has 0 atom stereocenters. The average Bonchev–Trinajstić information content (AvgIpc) is 2.80. The SMILES string of the molecule is CCCOc1cccc(OCc2ncc(C)o2)c1. The van der Waals surface area contributed by atoms with Gasteiger partial charge in [-0.3, -0.25) is 0 Å². The third-order valence-corrected chi connectivity index (χ3v) is 2.31. The molecule has 0 N–H and O–H groups in total. The van der Waals surface area contributed by atoms with Gasteiger partial charge in [0.05, 0.1) is 12.8 Å². The van der Waals surface area contributed by atoms with Gasteiger partial charge in [-0.2, -0.15) is 0 Å². The molecule has 0 bridgehead atoms. The third-order valence-electron chi connectivity index (χ3n) is 2.31. The van der Waals surface area contributed by atoms with E-state index in [1.165, 1.54) is 0 Å². The van der Waals surface area contributed by atoms with E-state index in [1.807, 2.05) is 31.2 Å². The van der Waals surface area contributed by atoms with Crippen molar-refractivity contribution >= 4 is 0 Å². The van der Waals surface area contributed by atoms with Gasteiger partial charge in [0, 0.05) is 6.07 Å². The minimum Gasteiger partial charge on any atom is -0.493 e. The Labute approximate surface area is 107 Å². The van der Waals surface area contributed by atoms with Gasteiger partial charge in [0.15, 0.2) is 6.61 Å². The van der Waals surface area contributed by atoms with Crippen LogP contribution in [-0.2, 0) is 6.61 Å². The number of nitrogens with zero attached hydrogens (tertiary/aromatic N) is 1. The number of rotatable bonds is 6. The van der Waals surface area contributed by atoms with Crippen LogP contribution in [0.5, 0.6) is 11.5 Å². The molecule has 0 saturated carbocycles. The van der Waals surface area contributed by atoms with E-state index in [1.54, 1.807) is 6.20 Å². The van der Waals surface area contributed by atoms with Crippen molar-refractivity contribution in [3.05, 3.63) is 42.1 Å². The molecule has 2 aromatic rings. The topological polar surface area (TPSA) is 44.5 Å². The van der Waals surface area contributed by atoms with E-state index in [0.29, 0.717) is 19.1 Å². The summed E-state index contributed by atoms with van der Waals surface area (Å²) < 4.78 is 16.5. The summed E-state index contributed by atoms with van der Waals surface area (Å²) in [5, 5.41) is 0. The first kappa shape index (κ1) is 12.5. The largest absolute Gasteiger partial charge is 0.493 e. The van der Waals surface area contributed by atoms with Crippen LogP contribution in [0.2, 0.25) is 0 Å². The maximum Gasteiger partial charge on any atom is 0.232 e. The van der Waals surface area contributed by atoms with Crippen LogP contribution in [0, 0.1) is 6.92 Å². The van der Waals surface area contributed by atoms with Gasteiger partial charge in [0.2, 0.25) is 5.89 Å². The number of oxazole rings is 1. The lowest BCUT2D eigenvalue weighted by molar-refractivity contribution is 0.257. The van der Waals surface area contributed by atoms with Crippen LogP contribution in [0.4, 0.5) is 0 Å². The van der Waals surface area contributed by atoms with E-state index in [2.05, 4.69) is 11.9 Å². The molecule has 1 aromatic carbocycles. The van der Waals surface area contributed by atoms with Gasteiger partial charge < -0.3 is 13.9 Å². The number of benzene rings is 1. The van der Waals surface area contributed by atoms with Crippen LogP contribution in [0.15, 0.2) is 34.9 Å². The van der Waals surface area contributed by atoms with Gasteiger partial charge in [-0.05, 0) is 25.5 Å². The number of hydrogen-bond acceptors (Lipinski definition) is 4. The molecule has 0 saturated heterocycles. The Morgan fingerprint density at radius 2 is 2.00 bits per heavy atom. The number of aromatic nitrogens is 1. The molecule has 0 aliphatic rings. The Morgan fingerprint density at radius 1 is 1.22 bits per heavy atom. The van der Waals surface area contributed by atoms with Crippen molar-refractivity contribution in [1.82, 2.24) is 4.98 Å². The predicted octanol–water partition coefficient (Wildman–Crippen LogP) is 3.35. The van der Waals surface area contributed by atoms with Crippen molar-refractivity contribution in [1.29, 1.82) is 0 Å². The average molecular weight is 247 g/mol. The molecule has 0 aliphatic heterocycles. The van der Waals surface area contributed by atoms with E-state index in [0.717, 1.165) is 23.7 Å². The highest BCUT2D eigenvalue weighted by Crippen LogP contribution is 2.20. The summed E-state index contributed by atoms with van der Waals surface area (Å²) in [6.45, 7) is 4.97. The molecule has 4 heteroatoms. The molecule has 0 radical (unpaired) electrons. The van der Waals surface area contributed by atoms with E-state index < -0.39 is 0 Å². The van der Waals surface area contributed by atoms with E-state index in [9.17, 15) is 0 Å². The van der Waals surface area contributed by atoms with Gasteiger partial charge in [-0.15, -0.1) is 0 Å². The fraction of sp³-hybridized carbons (Fsp3) is 0.357. The first-order valence-corrected chi connectivity index (χ1v) is 6.05. The monoisotopic (exact) mass is 247 g/mol. The molecule has 0 fully saturated rings. The van der Waals surface area contributed by atoms with Crippen molar-refractivity contribution in [2.45, 2.75) is 26.9 Å². The molecular formula is C14H17NO3. The van der Waals surface area contributed by atoms with Crippen LogP contribution in [0.25, 0.3) is 0 Å². The van der Waals surface area contributed by atoms with Crippen LogP contribution < -0.4 is 9.47 Å². The highest BCUT2D eigenvalue weighted by Gasteiger charge is 2.02.